The fraction of sp³-hybridized carbons (Fsp3) is 0.500. The molecule has 2 aromatic carbocycles. The van der Waals surface area contributed by atoms with Gasteiger partial charge in [0, 0.05) is 5.39 Å². The number of rotatable bonds is 2. The Morgan fingerprint density at radius 3 is 2.33 bits per heavy atom. The lowest BCUT2D eigenvalue weighted by atomic mass is 9.89. The Hall–Kier alpha value is -1.37. The molecule has 0 N–H and O–H groups in total. The highest BCUT2D eigenvalue weighted by molar-refractivity contribution is 5.93. The van der Waals surface area contributed by atoms with Crippen LogP contribution >= 0.6 is 0 Å². The summed E-state index contributed by atoms with van der Waals surface area (Å²) >= 11 is 0. The second-order valence-corrected chi connectivity index (χ2v) is 6.83. The van der Waals surface area contributed by atoms with Gasteiger partial charge in [-0.2, -0.15) is 0 Å². The molecule has 1 aliphatic rings. The third-order valence-electron chi connectivity index (χ3n) is 5.53. The summed E-state index contributed by atoms with van der Waals surface area (Å²) in [7, 11) is 0. The monoisotopic (exact) mass is 284 g/mol. The van der Waals surface area contributed by atoms with Gasteiger partial charge in [0.05, 0.1) is 0 Å². The van der Waals surface area contributed by atoms with Gasteiger partial charge in [0.15, 0.2) is 0 Å². The Balaban J connectivity index is 2.32. The molecule has 21 heavy (non-hydrogen) atoms. The van der Waals surface area contributed by atoms with Gasteiger partial charge in [-0.3, -0.25) is 0 Å². The predicted octanol–water partition coefficient (Wildman–Crippen LogP) is 5.73. The molecule has 0 saturated heterocycles. The minimum absolute atomic E-state index is 0.00709. The van der Waals surface area contributed by atoms with Gasteiger partial charge in [0.1, 0.15) is 5.82 Å². The molecule has 3 rings (SSSR count). The maximum atomic E-state index is 14.8. The molecule has 0 amide bonds. The zero-order chi connectivity index (χ0) is 15.3. The van der Waals surface area contributed by atoms with E-state index in [-0.39, 0.29) is 5.82 Å². The van der Waals surface area contributed by atoms with E-state index in [1.807, 2.05) is 13.8 Å². The highest BCUT2D eigenvalue weighted by Crippen LogP contribution is 2.41. The Morgan fingerprint density at radius 2 is 1.67 bits per heavy atom. The minimum atomic E-state index is -0.00709. The quantitative estimate of drug-likeness (QED) is 0.661. The zero-order valence-electron chi connectivity index (χ0n) is 13.9. The molecule has 0 nitrogen and oxygen atoms in total. The van der Waals surface area contributed by atoms with Gasteiger partial charge in [-0.15, -0.1) is 0 Å². The lowest BCUT2D eigenvalue weighted by Gasteiger charge is -2.16. The zero-order valence-corrected chi connectivity index (χ0v) is 13.9. The van der Waals surface area contributed by atoms with E-state index in [1.165, 1.54) is 41.3 Å². The number of benzene rings is 2. The second-order valence-electron chi connectivity index (χ2n) is 6.83. The van der Waals surface area contributed by atoms with E-state index in [2.05, 4.69) is 26.8 Å². The molecule has 0 aliphatic heterocycles. The van der Waals surface area contributed by atoms with Gasteiger partial charge >= 0.3 is 0 Å². The molecule has 0 fully saturated rings. The van der Waals surface area contributed by atoms with Crippen LogP contribution in [0.25, 0.3) is 10.8 Å². The molecular weight excluding hydrogens is 259 g/mol. The van der Waals surface area contributed by atoms with Gasteiger partial charge in [-0.05, 0) is 85.2 Å². The van der Waals surface area contributed by atoms with Crippen molar-refractivity contribution in [3.63, 3.8) is 0 Å². The van der Waals surface area contributed by atoms with Gasteiger partial charge in [-0.25, -0.2) is 4.39 Å². The van der Waals surface area contributed by atoms with Crippen LogP contribution in [0.4, 0.5) is 4.39 Å². The van der Waals surface area contributed by atoms with E-state index in [4.69, 9.17) is 0 Å². The smallest absolute Gasteiger partial charge is 0.134 e. The fourth-order valence-electron chi connectivity index (χ4n) is 4.05. The summed E-state index contributed by atoms with van der Waals surface area (Å²) in [4.78, 5) is 0. The molecule has 2 aromatic rings. The van der Waals surface area contributed by atoms with Crippen molar-refractivity contribution in [2.75, 3.05) is 0 Å². The van der Waals surface area contributed by atoms with Crippen molar-refractivity contribution in [1.29, 1.82) is 0 Å². The summed E-state index contributed by atoms with van der Waals surface area (Å²) in [6.07, 6.45) is 4.83. The molecule has 0 spiro atoms. The van der Waals surface area contributed by atoms with Crippen LogP contribution in [0.3, 0.4) is 0 Å². The SMILES string of the molecule is CCCC1Cc2c(C)c(C)c3c(F)c(C)c(C)cc3c2C1. The van der Waals surface area contributed by atoms with Crippen molar-refractivity contribution in [2.24, 2.45) is 5.92 Å². The average Bonchev–Trinajstić information content (AvgIpc) is 2.86. The molecule has 0 radical (unpaired) electrons. The number of fused-ring (bicyclic) bond motifs is 3. The number of aryl methyl sites for hydroxylation is 2. The van der Waals surface area contributed by atoms with E-state index in [1.54, 1.807) is 0 Å². The van der Waals surface area contributed by atoms with Crippen LogP contribution in [0.5, 0.6) is 0 Å². The van der Waals surface area contributed by atoms with E-state index in [0.717, 1.165) is 34.4 Å². The van der Waals surface area contributed by atoms with E-state index >= 15 is 0 Å². The second kappa shape index (κ2) is 5.12. The summed E-state index contributed by atoms with van der Waals surface area (Å²) in [5.74, 6) is 0.741. The summed E-state index contributed by atoms with van der Waals surface area (Å²) in [5, 5.41) is 2.04. The van der Waals surface area contributed by atoms with Crippen LogP contribution in [0.15, 0.2) is 6.07 Å². The standard InChI is InChI=1S/C20H25F/c1-6-7-15-9-16-13(4)14(5)19-18(17(16)10-15)8-11(2)12(3)20(19)21/h8,15H,6-7,9-10H2,1-5H3. The molecule has 112 valence electrons. The van der Waals surface area contributed by atoms with Crippen molar-refractivity contribution >= 4 is 10.8 Å². The van der Waals surface area contributed by atoms with Crippen LogP contribution in [-0.4, -0.2) is 0 Å². The molecule has 0 heterocycles. The molecule has 1 aliphatic carbocycles. The van der Waals surface area contributed by atoms with Crippen LogP contribution in [0, 0.1) is 39.4 Å². The third-order valence-corrected chi connectivity index (χ3v) is 5.53. The molecular formula is C20H25F. The molecule has 1 unspecified atom stereocenters. The van der Waals surface area contributed by atoms with Gasteiger partial charge in [0.25, 0.3) is 0 Å². The first-order chi connectivity index (χ1) is 9.95. The topological polar surface area (TPSA) is 0 Å². The fourth-order valence-corrected chi connectivity index (χ4v) is 4.05. The maximum absolute atomic E-state index is 14.8. The molecule has 1 atom stereocenters. The Labute approximate surface area is 127 Å². The lowest BCUT2D eigenvalue weighted by Crippen LogP contribution is -1.99. The predicted molar refractivity (Wildman–Crippen MR) is 88.7 cm³/mol. The first-order valence-corrected chi connectivity index (χ1v) is 8.16. The van der Waals surface area contributed by atoms with E-state index in [0.29, 0.717) is 0 Å². The lowest BCUT2D eigenvalue weighted by molar-refractivity contribution is 0.507. The van der Waals surface area contributed by atoms with Crippen molar-refractivity contribution in [3.8, 4) is 0 Å². The van der Waals surface area contributed by atoms with E-state index in [9.17, 15) is 4.39 Å². The summed E-state index contributed by atoms with van der Waals surface area (Å²) in [5.41, 5.74) is 7.26. The highest BCUT2D eigenvalue weighted by atomic mass is 19.1. The number of hydrogen-bond donors (Lipinski definition) is 0. The average molecular weight is 284 g/mol. The minimum Gasteiger partial charge on any atom is -0.206 e. The Kier molecular flexibility index (Phi) is 3.55. The summed E-state index contributed by atoms with van der Waals surface area (Å²) in [6, 6.07) is 2.22. The first kappa shape index (κ1) is 14.6. The molecule has 0 bridgehead atoms. The van der Waals surface area contributed by atoms with Gasteiger partial charge in [0.2, 0.25) is 0 Å². The van der Waals surface area contributed by atoms with Crippen molar-refractivity contribution in [3.05, 3.63) is 45.3 Å². The Morgan fingerprint density at radius 1 is 1.00 bits per heavy atom. The Bertz CT molecular complexity index is 725. The molecule has 0 aromatic heterocycles. The first-order valence-electron chi connectivity index (χ1n) is 8.16. The van der Waals surface area contributed by atoms with Crippen LogP contribution in [0.1, 0.15) is 53.1 Å². The van der Waals surface area contributed by atoms with Crippen LogP contribution in [0.2, 0.25) is 0 Å². The maximum Gasteiger partial charge on any atom is 0.134 e. The molecule has 0 saturated carbocycles. The van der Waals surface area contributed by atoms with Crippen molar-refractivity contribution < 1.29 is 4.39 Å². The highest BCUT2D eigenvalue weighted by Gasteiger charge is 2.27. The van der Waals surface area contributed by atoms with Crippen molar-refractivity contribution in [2.45, 2.75) is 60.3 Å². The largest absolute Gasteiger partial charge is 0.206 e. The van der Waals surface area contributed by atoms with E-state index < -0.39 is 0 Å². The molecule has 1 heteroatoms. The number of hydrogen-bond acceptors (Lipinski definition) is 0. The van der Waals surface area contributed by atoms with Gasteiger partial charge in [-0.1, -0.05) is 25.8 Å². The van der Waals surface area contributed by atoms with Crippen LogP contribution < -0.4 is 0 Å². The van der Waals surface area contributed by atoms with Crippen molar-refractivity contribution in [1.82, 2.24) is 0 Å². The third kappa shape index (κ3) is 2.09. The summed E-state index contributed by atoms with van der Waals surface area (Å²) < 4.78 is 14.8. The summed E-state index contributed by atoms with van der Waals surface area (Å²) in [6.45, 7) is 10.4. The normalized spacial score (nSPS) is 17.5. The number of halogens is 1. The van der Waals surface area contributed by atoms with Crippen LogP contribution in [-0.2, 0) is 12.8 Å². The van der Waals surface area contributed by atoms with Gasteiger partial charge < -0.3 is 0 Å².